The first-order valence-electron chi connectivity index (χ1n) is 5.08. The summed E-state index contributed by atoms with van der Waals surface area (Å²) in [4.78, 5) is 4.03. The van der Waals surface area contributed by atoms with Crippen molar-refractivity contribution in [1.29, 1.82) is 5.26 Å². The van der Waals surface area contributed by atoms with E-state index in [0.29, 0.717) is 5.56 Å². The highest BCUT2D eigenvalue weighted by Gasteiger charge is 2.04. The quantitative estimate of drug-likeness (QED) is 0.853. The molecule has 0 saturated carbocycles. The van der Waals surface area contributed by atoms with Crippen LogP contribution < -0.4 is 5.32 Å². The summed E-state index contributed by atoms with van der Waals surface area (Å²) in [5.41, 5.74) is 3.47. The lowest BCUT2D eigenvalue weighted by atomic mass is 10.2. The van der Waals surface area contributed by atoms with Gasteiger partial charge in [0.05, 0.1) is 17.4 Å². The van der Waals surface area contributed by atoms with Crippen molar-refractivity contribution in [2.24, 2.45) is 0 Å². The molecule has 1 aromatic carbocycles. The van der Waals surface area contributed by atoms with E-state index >= 15 is 0 Å². The SMILES string of the molecule is Cc1ccc(I)cc1Nc1cnccc1C#N. The number of benzene rings is 1. The average molecular weight is 335 g/mol. The standard InChI is InChI=1S/C13H10IN3/c1-9-2-3-11(14)6-12(9)17-13-8-16-5-4-10(13)7-15/h2-6,8,17H,1H3. The Morgan fingerprint density at radius 2 is 2.12 bits per heavy atom. The van der Waals surface area contributed by atoms with Gasteiger partial charge in [-0.05, 0) is 53.3 Å². The molecule has 0 bridgehead atoms. The maximum atomic E-state index is 9.00. The number of hydrogen-bond donors (Lipinski definition) is 1. The number of nitriles is 1. The molecule has 0 fully saturated rings. The molecule has 1 heterocycles. The Kier molecular flexibility index (Phi) is 3.59. The molecular weight excluding hydrogens is 325 g/mol. The van der Waals surface area contributed by atoms with Gasteiger partial charge in [0.1, 0.15) is 6.07 Å². The Morgan fingerprint density at radius 1 is 1.29 bits per heavy atom. The van der Waals surface area contributed by atoms with Crippen molar-refractivity contribution >= 4 is 34.0 Å². The summed E-state index contributed by atoms with van der Waals surface area (Å²) in [6.45, 7) is 2.03. The second-order valence-corrected chi connectivity index (χ2v) is 4.86. The van der Waals surface area contributed by atoms with Gasteiger partial charge in [0.25, 0.3) is 0 Å². The second kappa shape index (κ2) is 5.15. The average Bonchev–Trinajstić information content (AvgIpc) is 2.34. The van der Waals surface area contributed by atoms with Crippen LogP contribution in [0.25, 0.3) is 0 Å². The molecule has 0 spiro atoms. The number of hydrogen-bond acceptors (Lipinski definition) is 3. The van der Waals surface area contributed by atoms with Gasteiger partial charge in [-0.1, -0.05) is 6.07 Å². The van der Waals surface area contributed by atoms with Crippen molar-refractivity contribution in [3.05, 3.63) is 51.4 Å². The first-order chi connectivity index (χ1) is 8.20. The van der Waals surface area contributed by atoms with Gasteiger partial charge in [-0.3, -0.25) is 4.98 Å². The smallest absolute Gasteiger partial charge is 0.101 e. The number of aryl methyl sites for hydroxylation is 1. The van der Waals surface area contributed by atoms with Crippen molar-refractivity contribution in [1.82, 2.24) is 4.98 Å². The first kappa shape index (κ1) is 11.9. The largest absolute Gasteiger partial charge is 0.353 e. The predicted octanol–water partition coefficient (Wildman–Crippen LogP) is 3.61. The Morgan fingerprint density at radius 3 is 2.88 bits per heavy atom. The van der Waals surface area contributed by atoms with Crippen molar-refractivity contribution in [3.63, 3.8) is 0 Å². The van der Waals surface area contributed by atoms with E-state index in [-0.39, 0.29) is 0 Å². The summed E-state index contributed by atoms with van der Waals surface area (Å²) in [6.07, 6.45) is 3.28. The minimum atomic E-state index is 0.596. The van der Waals surface area contributed by atoms with E-state index in [1.807, 2.05) is 19.1 Å². The maximum Gasteiger partial charge on any atom is 0.101 e. The fourth-order valence-electron chi connectivity index (χ4n) is 1.47. The molecule has 0 atom stereocenters. The van der Waals surface area contributed by atoms with Crippen LogP contribution in [-0.2, 0) is 0 Å². The summed E-state index contributed by atoms with van der Waals surface area (Å²) in [5.74, 6) is 0. The van der Waals surface area contributed by atoms with Crippen LogP contribution in [-0.4, -0.2) is 4.98 Å². The number of nitrogens with zero attached hydrogens (tertiary/aromatic N) is 2. The topological polar surface area (TPSA) is 48.7 Å². The van der Waals surface area contributed by atoms with E-state index < -0.39 is 0 Å². The summed E-state index contributed by atoms with van der Waals surface area (Å²) in [5, 5.41) is 12.2. The van der Waals surface area contributed by atoms with Crippen molar-refractivity contribution in [2.75, 3.05) is 5.32 Å². The molecule has 84 valence electrons. The molecule has 17 heavy (non-hydrogen) atoms. The summed E-state index contributed by atoms with van der Waals surface area (Å²) in [6, 6.07) is 9.99. The highest BCUT2D eigenvalue weighted by Crippen LogP contribution is 2.24. The van der Waals surface area contributed by atoms with Crippen molar-refractivity contribution < 1.29 is 0 Å². The highest BCUT2D eigenvalue weighted by atomic mass is 127. The van der Waals surface area contributed by atoms with Gasteiger partial charge in [-0.15, -0.1) is 0 Å². The van der Waals surface area contributed by atoms with E-state index in [0.717, 1.165) is 20.5 Å². The molecule has 2 aromatic rings. The molecule has 0 radical (unpaired) electrons. The number of halogens is 1. The van der Waals surface area contributed by atoms with Crippen LogP contribution in [0.5, 0.6) is 0 Å². The molecular formula is C13H10IN3. The summed E-state index contributed by atoms with van der Waals surface area (Å²) in [7, 11) is 0. The van der Waals surface area contributed by atoms with Gasteiger partial charge >= 0.3 is 0 Å². The molecule has 2 rings (SSSR count). The van der Waals surface area contributed by atoms with E-state index in [1.54, 1.807) is 18.5 Å². The van der Waals surface area contributed by atoms with Gasteiger partial charge in [-0.25, -0.2) is 0 Å². The summed E-state index contributed by atoms with van der Waals surface area (Å²) < 4.78 is 1.15. The fraction of sp³-hybridized carbons (Fsp3) is 0.0769. The lowest BCUT2D eigenvalue weighted by Crippen LogP contribution is -1.96. The molecule has 0 saturated heterocycles. The zero-order valence-corrected chi connectivity index (χ0v) is 11.4. The van der Waals surface area contributed by atoms with Gasteiger partial charge in [-0.2, -0.15) is 5.26 Å². The van der Waals surface area contributed by atoms with Crippen LogP contribution in [0.1, 0.15) is 11.1 Å². The Bertz CT molecular complexity index is 587. The molecule has 0 amide bonds. The monoisotopic (exact) mass is 335 g/mol. The predicted molar refractivity (Wildman–Crippen MR) is 76.1 cm³/mol. The molecule has 0 aliphatic heterocycles. The third-order valence-corrected chi connectivity index (χ3v) is 3.08. The lowest BCUT2D eigenvalue weighted by Gasteiger charge is -2.10. The minimum Gasteiger partial charge on any atom is -0.353 e. The van der Waals surface area contributed by atoms with E-state index in [4.69, 9.17) is 5.26 Å². The second-order valence-electron chi connectivity index (χ2n) is 3.62. The van der Waals surface area contributed by atoms with Crippen molar-refractivity contribution in [2.45, 2.75) is 6.92 Å². The van der Waals surface area contributed by atoms with Gasteiger partial charge in [0, 0.05) is 15.5 Å². The van der Waals surface area contributed by atoms with Gasteiger partial charge in [0.15, 0.2) is 0 Å². The molecule has 3 nitrogen and oxygen atoms in total. The Labute approximate surface area is 114 Å². The zero-order valence-electron chi connectivity index (χ0n) is 9.24. The Balaban J connectivity index is 2.38. The van der Waals surface area contributed by atoms with Crippen LogP contribution in [0.3, 0.4) is 0 Å². The van der Waals surface area contributed by atoms with E-state index in [1.165, 1.54) is 0 Å². The highest BCUT2D eigenvalue weighted by molar-refractivity contribution is 14.1. The fourth-order valence-corrected chi connectivity index (χ4v) is 1.96. The molecule has 0 aliphatic carbocycles. The van der Waals surface area contributed by atoms with Crippen LogP contribution in [0, 0.1) is 21.8 Å². The van der Waals surface area contributed by atoms with Crippen molar-refractivity contribution in [3.8, 4) is 6.07 Å². The maximum absolute atomic E-state index is 9.00. The van der Waals surface area contributed by atoms with Crippen LogP contribution in [0.4, 0.5) is 11.4 Å². The van der Waals surface area contributed by atoms with Crippen LogP contribution >= 0.6 is 22.6 Å². The van der Waals surface area contributed by atoms with Gasteiger partial charge < -0.3 is 5.32 Å². The van der Waals surface area contributed by atoms with E-state index in [2.05, 4.69) is 45.0 Å². The zero-order chi connectivity index (χ0) is 12.3. The molecule has 1 aromatic heterocycles. The van der Waals surface area contributed by atoms with Crippen LogP contribution in [0.2, 0.25) is 0 Å². The third kappa shape index (κ3) is 2.74. The summed E-state index contributed by atoms with van der Waals surface area (Å²) >= 11 is 2.26. The molecule has 4 heteroatoms. The molecule has 1 N–H and O–H groups in total. The minimum absolute atomic E-state index is 0.596. The number of aromatic nitrogens is 1. The molecule has 0 aliphatic rings. The normalized spacial score (nSPS) is 9.71. The number of anilines is 2. The lowest BCUT2D eigenvalue weighted by molar-refractivity contribution is 1.30. The third-order valence-electron chi connectivity index (χ3n) is 2.41. The number of rotatable bonds is 2. The Hall–Kier alpha value is -1.61. The van der Waals surface area contributed by atoms with Crippen LogP contribution in [0.15, 0.2) is 36.7 Å². The number of pyridine rings is 1. The number of nitrogens with one attached hydrogen (secondary N) is 1. The van der Waals surface area contributed by atoms with E-state index in [9.17, 15) is 0 Å². The molecule has 0 unspecified atom stereocenters. The first-order valence-corrected chi connectivity index (χ1v) is 6.16. The van der Waals surface area contributed by atoms with Gasteiger partial charge in [0.2, 0.25) is 0 Å².